The van der Waals surface area contributed by atoms with Gasteiger partial charge in [0.15, 0.2) is 0 Å². The summed E-state index contributed by atoms with van der Waals surface area (Å²) in [5, 5.41) is 6.08. The van der Waals surface area contributed by atoms with E-state index in [9.17, 15) is 22.8 Å². The fraction of sp³-hybridized carbons (Fsp3) is 0.517. The van der Waals surface area contributed by atoms with Gasteiger partial charge in [0.05, 0.1) is 23.3 Å². The molecule has 2 heterocycles. The number of halogens is 3. The molecule has 0 aliphatic heterocycles. The number of carbonyl (C=O) groups excluding carboxylic acids is 2. The lowest BCUT2D eigenvalue weighted by Gasteiger charge is -2.35. The number of hydrogen-bond acceptors (Lipinski definition) is 6. The highest BCUT2D eigenvalue weighted by molar-refractivity contribution is 6.09. The van der Waals surface area contributed by atoms with Gasteiger partial charge in [0, 0.05) is 30.5 Å². The predicted molar refractivity (Wildman–Crippen MR) is 145 cm³/mol. The first-order valence-electron chi connectivity index (χ1n) is 13.8. The molecule has 220 valence electrons. The monoisotopic (exact) mass is 573 g/mol. The van der Waals surface area contributed by atoms with Crippen molar-refractivity contribution in [1.82, 2.24) is 25.6 Å². The van der Waals surface area contributed by atoms with E-state index in [-0.39, 0.29) is 47.7 Å². The molecule has 5 rings (SSSR count). The number of benzene rings is 1. The standard InChI is InChI=1S/C29H34F3N5O4/c1-15-10-19(36-23(38)13-40-3)7-8-21(15)37-28(39)24-16(2)35-27-25(33-14-34-26(24)27)20-11-18(29(30,31)32)6-9-22(20)41-12-17-4-5-17/h6,9,11,14-15,17,19,21,35H,4-5,7-8,10,12-13H2,1-3H3,(H,36,38)(H,37,39). The Morgan fingerprint density at radius 3 is 2.59 bits per heavy atom. The second-order valence-corrected chi connectivity index (χ2v) is 11.1. The molecule has 3 atom stereocenters. The molecule has 2 aliphatic carbocycles. The summed E-state index contributed by atoms with van der Waals surface area (Å²) in [7, 11) is 1.47. The number of aromatic nitrogens is 3. The summed E-state index contributed by atoms with van der Waals surface area (Å²) >= 11 is 0. The van der Waals surface area contributed by atoms with Crippen molar-refractivity contribution >= 4 is 22.8 Å². The number of rotatable bonds is 9. The van der Waals surface area contributed by atoms with Crippen molar-refractivity contribution < 1.29 is 32.2 Å². The molecule has 2 fully saturated rings. The van der Waals surface area contributed by atoms with Gasteiger partial charge in [0.1, 0.15) is 29.9 Å². The maximum absolute atomic E-state index is 13.6. The van der Waals surface area contributed by atoms with Gasteiger partial charge in [-0.3, -0.25) is 9.59 Å². The summed E-state index contributed by atoms with van der Waals surface area (Å²) in [6.45, 7) is 4.17. The number of H-pyrrole nitrogens is 1. The van der Waals surface area contributed by atoms with Crippen LogP contribution in [0.25, 0.3) is 22.3 Å². The lowest BCUT2D eigenvalue weighted by molar-refractivity contribution is -0.137. The summed E-state index contributed by atoms with van der Waals surface area (Å²) in [5.41, 5.74) is 1.13. The van der Waals surface area contributed by atoms with E-state index in [1.165, 1.54) is 19.5 Å². The average Bonchev–Trinajstić information content (AvgIpc) is 3.68. The number of aromatic amines is 1. The van der Waals surface area contributed by atoms with Crippen molar-refractivity contribution in [3.05, 3.63) is 41.3 Å². The van der Waals surface area contributed by atoms with Gasteiger partial charge in [-0.2, -0.15) is 13.2 Å². The minimum atomic E-state index is -4.55. The zero-order valence-electron chi connectivity index (χ0n) is 23.2. The first kappa shape index (κ1) is 28.8. The van der Waals surface area contributed by atoms with Gasteiger partial charge in [-0.1, -0.05) is 6.92 Å². The molecule has 2 aliphatic rings. The highest BCUT2D eigenvalue weighted by Crippen LogP contribution is 2.40. The van der Waals surface area contributed by atoms with E-state index >= 15 is 0 Å². The van der Waals surface area contributed by atoms with Crippen LogP contribution >= 0.6 is 0 Å². The van der Waals surface area contributed by atoms with E-state index in [0.29, 0.717) is 59.8 Å². The molecule has 2 aromatic heterocycles. The van der Waals surface area contributed by atoms with Crippen LogP contribution in [0.15, 0.2) is 24.5 Å². The molecule has 9 nitrogen and oxygen atoms in total. The van der Waals surface area contributed by atoms with Gasteiger partial charge >= 0.3 is 6.18 Å². The normalized spacial score (nSPS) is 21.1. The van der Waals surface area contributed by atoms with Crippen LogP contribution in [0.1, 0.15) is 60.6 Å². The molecule has 12 heteroatoms. The van der Waals surface area contributed by atoms with E-state index in [1.807, 2.05) is 6.92 Å². The number of carbonyl (C=O) groups is 2. The molecular formula is C29H34F3N5O4. The van der Waals surface area contributed by atoms with Crippen molar-refractivity contribution in [2.45, 2.75) is 64.2 Å². The maximum Gasteiger partial charge on any atom is 0.416 e. The van der Waals surface area contributed by atoms with E-state index in [1.54, 1.807) is 6.92 Å². The number of ether oxygens (including phenoxy) is 2. The van der Waals surface area contributed by atoms with Gasteiger partial charge in [-0.25, -0.2) is 9.97 Å². The fourth-order valence-electron chi connectivity index (χ4n) is 5.50. The Morgan fingerprint density at radius 1 is 1.12 bits per heavy atom. The van der Waals surface area contributed by atoms with Crippen LogP contribution in [0.3, 0.4) is 0 Å². The molecule has 41 heavy (non-hydrogen) atoms. The Labute approximate surface area is 235 Å². The summed E-state index contributed by atoms with van der Waals surface area (Å²) in [4.78, 5) is 37.2. The van der Waals surface area contributed by atoms with E-state index in [0.717, 1.165) is 25.0 Å². The molecule has 3 N–H and O–H groups in total. The average molecular weight is 574 g/mol. The summed E-state index contributed by atoms with van der Waals surface area (Å²) in [6, 6.07) is 3.25. The maximum atomic E-state index is 13.6. The highest BCUT2D eigenvalue weighted by atomic mass is 19.4. The van der Waals surface area contributed by atoms with Crippen molar-refractivity contribution in [2.24, 2.45) is 11.8 Å². The van der Waals surface area contributed by atoms with Crippen LogP contribution < -0.4 is 15.4 Å². The Morgan fingerprint density at radius 2 is 1.90 bits per heavy atom. The molecule has 0 radical (unpaired) electrons. The molecule has 2 amide bonds. The van der Waals surface area contributed by atoms with Gasteiger partial charge < -0.3 is 25.1 Å². The summed E-state index contributed by atoms with van der Waals surface area (Å²) < 4.78 is 51.7. The van der Waals surface area contributed by atoms with E-state index in [4.69, 9.17) is 9.47 Å². The zero-order chi connectivity index (χ0) is 29.3. The third-order valence-electron chi connectivity index (χ3n) is 7.86. The molecule has 0 spiro atoms. The van der Waals surface area contributed by atoms with Gasteiger partial charge in [0.2, 0.25) is 5.91 Å². The lowest BCUT2D eigenvalue weighted by Crippen LogP contribution is -2.48. The summed E-state index contributed by atoms with van der Waals surface area (Å²) in [5.74, 6) is 0.307. The number of methoxy groups -OCH3 is 1. The van der Waals surface area contributed by atoms with Crippen LogP contribution in [0.2, 0.25) is 0 Å². The van der Waals surface area contributed by atoms with Crippen molar-refractivity contribution in [1.29, 1.82) is 0 Å². The number of alkyl halides is 3. The van der Waals surface area contributed by atoms with Crippen molar-refractivity contribution in [3.8, 4) is 17.0 Å². The first-order valence-corrected chi connectivity index (χ1v) is 13.8. The van der Waals surface area contributed by atoms with Crippen LogP contribution in [0.4, 0.5) is 13.2 Å². The minimum Gasteiger partial charge on any atom is -0.493 e. The van der Waals surface area contributed by atoms with Crippen LogP contribution in [0, 0.1) is 18.8 Å². The first-order chi connectivity index (χ1) is 19.5. The number of fused-ring (bicyclic) bond motifs is 1. The third-order valence-corrected chi connectivity index (χ3v) is 7.86. The van der Waals surface area contributed by atoms with Crippen LogP contribution in [-0.2, 0) is 15.7 Å². The molecule has 3 unspecified atom stereocenters. The highest BCUT2D eigenvalue weighted by Gasteiger charge is 2.34. The minimum absolute atomic E-state index is 0.00334. The molecular weight excluding hydrogens is 539 g/mol. The largest absolute Gasteiger partial charge is 0.493 e. The number of amides is 2. The van der Waals surface area contributed by atoms with Crippen molar-refractivity contribution in [2.75, 3.05) is 20.3 Å². The van der Waals surface area contributed by atoms with Gasteiger partial charge in [-0.15, -0.1) is 0 Å². The van der Waals surface area contributed by atoms with Gasteiger partial charge in [-0.05, 0) is 69.1 Å². The molecule has 2 saturated carbocycles. The smallest absolute Gasteiger partial charge is 0.416 e. The quantitative estimate of drug-likeness (QED) is 0.339. The number of hydrogen-bond donors (Lipinski definition) is 3. The lowest BCUT2D eigenvalue weighted by atomic mass is 9.82. The molecule has 1 aromatic carbocycles. The second-order valence-electron chi connectivity index (χ2n) is 11.1. The summed E-state index contributed by atoms with van der Waals surface area (Å²) in [6.07, 6.45) is 0.869. The Kier molecular flexibility index (Phi) is 8.21. The van der Waals surface area contributed by atoms with Crippen LogP contribution in [0.5, 0.6) is 5.75 Å². The Balaban J connectivity index is 1.41. The molecule has 3 aromatic rings. The SMILES string of the molecule is COCC(=O)NC1CCC(NC(=O)c2c(C)[nH]c3c(-c4cc(C(F)(F)F)ccc4OCC4CC4)ncnc23)C(C)C1. The topological polar surface area (TPSA) is 118 Å². The van der Waals surface area contributed by atoms with Crippen LogP contribution in [-0.4, -0.2) is 59.2 Å². The predicted octanol–water partition coefficient (Wildman–Crippen LogP) is 4.79. The zero-order valence-corrected chi connectivity index (χ0v) is 23.2. The fourth-order valence-corrected chi connectivity index (χ4v) is 5.50. The molecule has 0 bridgehead atoms. The number of aryl methyl sites for hydroxylation is 1. The van der Waals surface area contributed by atoms with E-state index in [2.05, 4.69) is 25.6 Å². The van der Waals surface area contributed by atoms with Crippen molar-refractivity contribution in [3.63, 3.8) is 0 Å². The Bertz CT molecular complexity index is 1440. The Hall–Kier alpha value is -3.67. The number of nitrogens with one attached hydrogen (secondary N) is 3. The third kappa shape index (κ3) is 6.47. The van der Waals surface area contributed by atoms with Gasteiger partial charge in [0.25, 0.3) is 5.91 Å². The number of nitrogens with zero attached hydrogens (tertiary/aromatic N) is 2. The molecule has 0 saturated heterocycles. The van der Waals surface area contributed by atoms with E-state index < -0.39 is 11.7 Å². The second kappa shape index (κ2) is 11.7.